The van der Waals surface area contributed by atoms with Gasteiger partial charge >= 0.3 is 0 Å². The zero-order valence-electron chi connectivity index (χ0n) is 20.7. The van der Waals surface area contributed by atoms with Crippen molar-refractivity contribution in [1.82, 2.24) is 0 Å². The highest BCUT2D eigenvalue weighted by atomic mass is 35.5. The third kappa shape index (κ3) is 3.97. The number of nitro groups is 1. The second kappa shape index (κ2) is 8.48. The van der Waals surface area contributed by atoms with Crippen LogP contribution in [0.3, 0.4) is 0 Å². The Morgan fingerprint density at radius 2 is 1.65 bits per heavy atom. The number of nitrogens with zero attached hydrogens (tertiary/aromatic N) is 1. The number of hydrogen-bond acceptors (Lipinski definition) is 2. The molecular weight excluding hydrogens is 406 g/mol. The average molecular weight is 452 g/mol. The topological polar surface area (TPSA) is 43.1 Å². The van der Waals surface area contributed by atoms with Crippen molar-refractivity contribution in [2.75, 3.05) is 0 Å². The van der Waals surface area contributed by atoms with Gasteiger partial charge in [-0.2, -0.15) is 0 Å². The molecule has 9 atom stereocenters. The molecular formula is C27H46ClNO2. The van der Waals surface area contributed by atoms with Crippen molar-refractivity contribution >= 4 is 11.6 Å². The molecule has 4 heteroatoms. The molecule has 0 saturated heterocycles. The summed E-state index contributed by atoms with van der Waals surface area (Å²) in [5.41, 5.74) is 0.785. The fourth-order valence-corrected chi connectivity index (χ4v) is 9.67. The largest absolute Gasteiger partial charge is 0.295 e. The van der Waals surface area contributed by atoms with Crippen LogP contribution in [0, 0.1) is 62.4 Å². The molecule has 0 aliphatic heterocycles. The highest BCUT2D eigenvalue weighted by molar-refractivity contribution is 6.22. The van der Waals surface area contributed by atoms with Crippen molar-refractivity contribution in [2.24, 2.45) is 52.3 Å². The maximum Gasteiger partial charge on any atom is 0.295 e. The second-order valence-electron chi connectivity index (χ2n) is 13.1. The van der Waals surface area contributed by atoms with Gasteiger partial charge in [0, 0.05) is 17.8 Å². The zero-order chi connectivity index (χ0) is 22.6. The third-order valence-electron chi connectivity index (χ3n) is 11.2. The maximum atomic E-state index is 11.6. The van der Waals surface area contributed by atoms with Gasteiger partial charge in [-0.05, 0) is 109 Å². The van der Waals surface area contributed by atoms with Gasteiger partial charge in [-0.1, -0.05) is 53.9 Å². The molecule has 0 heterocycles. The van der Waals surface area contributed by atoms with Crippen molar-refractivity contribution in [2.45, 2.75) is 117 Å². The summed E-state index contributed by atoms with van der Waals surface area (Å²) in [5, 5.41) is 11.6. The van der Waals surface area contributed by atoms with Crippen molar-refractivity contribution in [3.63, 3.8) is 0 Å². The molecule has 4 rings (SSSR count). The van der Waals surface area contributed by atoms with Crippen LogP contribution in [0.4, 0.5) is 0 Å². The van der Waals surface area contributed by atoms with Gasteiger partial charge in [0.15, 0.2) is 0 Å². The summed E-state index contributed by atoms with van der Waals surface area (Å²) >= 11 is 6.49. The molecule has 0 aromatic carbocycles. The molecule has 178 valence electrons. The normalized spacial score (nSPS) is 48.0. The molecule has 4 aliphatic rings. The minimum absolute atomic E-state index is 0.194. The van der Waals surface area contributed by atoms with E-state index in [1.54, 1.807) is 0 Å². The Kier molecular flexibility index (Phi) is 6.52. The highest BCUT2D eigenvalue weighted by Gasteiger charge is 2.63. The first-order chi connectivity index (χ1) is 14.5. The Morgan fingerprint density at radius 3 is 2.32 bits per heavy atom. The molecule has 3 nitrogen and oxygen atoms in total. The molecule has 0 radical (unpaired) electrons. The number of rotatable bonds is 6. The lowest BCUT2D eigenvalue weighted by atomic mass is 9.44. The lowest BCUT2D eigenvalue weighted by molar-refractivity contribution is -0.550. The van der Waals surface area contributed by atoms with E-state index >= 15 is 0 Å². The van der Waals surface area contributed by atoms with Crippen LogP contribution < -0.4 is 0 Å². The summed E-state index contributed by atoms with van der Waals surface area (Å²) in [6.45, 7) is 12.4. The number of hydrogen-bond donors (Lipinski definition) is 0. The average Bonchev–Trinajstić information content (AvgIpc) is 3.05. The predicted octanol–water partition coefficient (Wildman–Crippen LogP) is 8.32. The van der Waals surface area contributed by atoms with Gasteiger partial charge in [0.25, 0.3) is 5.00 Å². The van der Waals surface area contributed by atoms with Gasteiger partial charge < -0.3 is 0 Å². The number of halogens is 1. The van der Waals surface area contributed by atoms with Crippen LogP contribution in [-0.2, 0) is 0 Å². The Hall–Kier alpha value is -0.310. The van der Waals surface area contributed by atoms with Gasteiger partial charge in [0.2, 0.25) is 0 Å². The molecule has 4 saturated carbocycles. The minimum Gasteiger partial charge on any atom is -0.263 e. The van der Waals surface area contributed by atoms with Gasteiger partial charge in [0.1, 0.15) is 0 Å². The van der Waals surface area contributed by atoms with Crippen LogP contribution in [-0.4, -0.2) is 9.92 Å². The van der Waals surface area contributed by atoms with Crippen LogP contribution in [0.5, 0.6) is 0 Å². The van der Waals surface area contributed by atoms with E-state index in [-0.39, 0.29) is 10.3 Å². The van der Waals surface area contributed by atoms with Gasteiger partial charge in [-0.25, -0.2) is 0 Å². The zero-order valence-corrected chi connectivity index (χ0v) is 21.4. The molecule has 31 heavy (non-hydrogen) atoms. The van der Waals surface area contributed by atoms with E-state index < -0.39 is 5.00 Å². The first-order valence-corrected chi connectivity index (χ1v) is 13.7. The van der Waals surface area contributed by atoms with Crippen LogP contribution in [0.1, 0.15) is 112 Å². The van der Waals surface area contributed by atoms with Crippen LogP contribution in [0.2, 0.25) is 0 Å². The van der Waals surface area contributed by atoms with Crippen LogP contribution in [0.25, 0.3) is 0 Å². The van der Waals surface area contributed by atoms with Gasteiger partial charge in [0.05, 0.1) is 0 Å². The molecule has 0 amide bonds. The Labute approximate surface area is 195 Å². The first-order valence-electron chi connectivity index (χ1n) is 13.3. The van der Waals surface area contributed by atoms with E-state index in [1.165, 1.54) is 51.4 Å². The first kappa shape index (κ1) is 23.8. The highest BCUT2D eigenvalue weighted by Crippen LogP contribution is 2.69. The molecule has 4 aliphatic carbocycles. The summed E-state index contributed by atoms with van der Waals surface area (Å²) in [6, 6.07) is 0. The summed E-state index contributed by atoms with van der Waals surface area (Å²) in [7, 11) is 0. The van der Waals surface area contributed by atoms with Crippen molar-refractivity contribution in [3.8, 4) is 0 Å². The molecule has 0 bridgehead atoms. The van der Waals surface area contributed by atoms with Crippen LogP contribution >= 0.6 is 11.6 Å². The monoisotopic (exact) mass is 451 g/mol. The lowest BCUT2D eigenvalue weighted by Crippen LogP contribution is -2.56. The molecule has 0 spiro atoms. The van der Waals surface area contributed by atoms with E-state index in [0.717, 1.165) is 48.3 Å². The fraction of sp³-hybridized carbons (Fsp3) is 1.00. The third-order valence-corrected chi connectivity index (χ3v) is 11.7. The summed E-state index contributed by atoms with van der Waals surface area (Å²) in [6.07, 6.45) is 14.2. The molecule has 0 N–H and O–H groups in total. The maximum absolute atomic E-state index is 11.6. The van der Waals surface area contributed by atoms with E-state index in [9.17, 15) is 10.1 Å². The Bertz CT molecular complexity index is 682. The summed E-state index contributed by atoms with van der Waals surface area (Å²) < 4.78 is 0. The fourth-order valence-electron chi connectivity index (χ4n) is 9.39. The molecule has 0 aromatic rings. The lowest BCUT2D eigenvalue weighted by Gasteiger charge is -2.61. The summed E-state index contributed by atoms with van der Waals surface area (Å²) in [4.78, 5) is 10.2. The smallest absolute Gasteiger partial charge is 0.263 e. The summed E-state index contributed by atoms with van der Waals surface area (Å²) in [5.74, 6) is 5.47. The quantitative estimate of drug-likeness (QED) is 0.176. The minimum atomic E-state index is -1.20. The van der Waals surface area contributed by atoms with Crippen molar-refractivity contribution in [3.05, 3.63) is 10.1 Å². The molecule has 0 aromatic heterocycles. The van der Waals surface area contributed by atoms with E-state index in [0.29, 0.717) is 24.2 Å². The van der Waals surface area contributed by atoms with E-state index in [1.807, 2.05) is 0 Å². The van der Waals surface area contributed by atoms with E-state index in [2.05, 4.69) is 34.6 Å². The standard InChI is InChI=1S/C27H46ClNO2/c1-18(2)7-6-8-19(3)22-11-12-23-21-10-9-20-17-27(28,29(30)31)16-15-25(20,4)24(21)13-14-26(22,23)5/h18-24H,6-17H2,1-5H3/t19-,20+,21+,22+,23-,24+,25+,26-,27+/m1/s1. The second-order valence-corrected chi connectivity index (χ2v) is 13.8. The number of fused-ring (bicyclic) bond motifs is 5. The molecule has 4 fully saturated rings. The van der Waals surface area contributed by atoms with Crippen LogP contribution in [0.15, 0.2) is 0 Å². The van der Waals surface area contributed by atoms with E-state index in [4.69, 9.17) is 11.6 Å². The SMILES string of the molecule is CC(C)CCC[C@@H](C)[C@@H]1CC[C@@H]2[C@@H]3CC[C@H]4C[C@@](Cl)([N+](=O)[O-])CC[C@]4(C)[C@H]3CC[C@@]21C. The Morgan fingerprint density at radius 1 is 0.935 bits per heavy atom. The number of alkyl halides is 1. The predicted molar refractivity (Wildman–Crippen MR) is 129 cm³/mol. The van der Waals surface area contributed by atoms with Gasteiger partial charge in [-0.15, -0.1) is 0 Å². The molecule has 0 unspecified atom stereocenters. The van der Waals surface area contributed by atoms with Crippen molar-refractivity contribution < 1.29 is 4.92 Å². The van der Waals surface area contributed by atoms with Gasteiger partial charge in [-0.3, -0.25) is 10.1 Å². The Balaban J connectivity index is 1.47. The van der Waals surface area contributed by atoms with Crippen molar-refractivity contribution in [1.29, 1.82) is 0 Å².